The third-order valence-electron chi connectivity index (χ3n) is 3.10. The maximum atomic E-state index is 11.8. The summed E-state index contributed by atoms with van der Waals surface area (Å²) in [7, 11) is 0. The molecule has 1 amide bonds. The molecule has 16 heavy (non-hydrogen) atoms. The van der Waals surface area contributed by atoms with E-state index in [-0.39, 0.29) is 31.0 Å². The van der Waals surface area contributed by atoms with Gasteiger partial charge in [0.2, 0.25) is 5.91 Å². The Labute approximate surface area is 103 Å². The van der Waals surface area contributed by atoms with Crippen LogP contribution < -0.4 is 5.32 Å². The van der Waals surface area contributed by atoms with Gasteiger partial charge in [-0.1, -0.05) is 0 Å². The minimum atomic E-state index is 0. The maximum absolute atomic E-state index is 11.8. The van der Waals surface area contributed by atoms with Crippen molar-refractivity contribution in [2.45, 2.75) is 25.9 Å². The number of carbonyl (C=O) groups excluding carboxylic acids is 1. The molecule has 0 radical (unpaired) electrons. The summed E-state index contributed by atoms with van der Waals surface area (Å²) in [6.07, 6.45) is 2.84. The summed E-state index contributed by atoms with van der Waals surface area (Å²) < 4.78 is 5.47. The maximum Gasteiger partial charge on any atom is 0.248 e. The molecule has 1 heterocycles. The highest BCUT2D eigenvalue weighted by molar-refractivity contribution is 5.85. The van der Waals surface area contributed by atoms with Gasteiger partial charge in [0.05, 0.1) is 6.10 Å². The van der Waals surface area contributed by atoms with Crippen LogP contribution in [0.5, 0.6) is 0 Å². The molecule has 2 rings (SSSR count). The number of likely N-dealkylation sites (N-methyl/N-ethyl adjacent to an activating group) is 1. The average molecular weight is 249 g/mol. The van der Waals surface area contributed by atoms with Crippen molar-refractivity contribution in [2.75, 3.05) is 32.8 Å². The van der Waals surface area contributed by atoms with Crippen molar-refractivity contribution in [1.82, 2.24) is 10.2 Å². The van der Waals surface area contributed by atoms with Crippen LogP contribution in [-0.4, -0.2) is 49.7 Å². The van der Waals surface area contributed by atoms with E-state index in [0.717, 1.165) is 32.1 Å². The fraction of sp³-hybridized carbons (Fsp3) is 0.909. The second-order valence-corrected chi connectivity index (χ2v) is 4.47. The summed E-state index contributed by atoms with van der Waals surface area (Å²) in [5.41, 5.74) is 0. The van der Waals surface area contributed by atoms with Gasteiger partial charge in [-0.3, -0.25) is 4.79 Å². The highest BCUT2D eigenvalue weighted by atomic mass is 35.5. The third-order valence-corrected chi connectivity index (χ3v) is 3.10. The number of hydrogen-bond donors (Lipinski definition) is 1. The van der Waals surface area contributed by atoms with Crippen LogP contribution in [0, 0.1) is 5.92 Å². The van der Waals surface area contributed by atoms with Crippen molar-refractivity contribution < 1.29 is 9.53 Å². The van der Waals surface area contributed by atoms with Crippen LogP contribution >= 0.6 is 12.4 Å². The molecule has 0 aromatic heterocycles. The fourth-order valence-electron chi connectivity index (χ4n) is 1.68. The van der Waals surface area contributed by atoms with E-state index < -0.39 is 0 Å². The lowest BCUT2D eigenvalue weighted by Crippen LogP contribution is -2.50. The van der Waals surface area contributed by atoms with Gasteiger partial charge in [-0.25, -0.2) is 0 Å². The molecule has 0 unspecified atom stereocenters. The van der Waals surface area contributed by atoms with Crippen LogP contribution in [-0.2, 0) is 9.53 Å². The Morgan fingerprint density at radius 1 is 1.44 bits per heavy atom. The minimum Gasteiger partial charge on any atom is -0.366 e. The number of carbonyl (C=O) groups is 1. The van der Waals surface area contributed by atoms with E-state index in [1.807, 2.05) is 11.8 Å². The summed E-state index contributed by atoms with van der Waals surface area (Å²) in [6, 6.07) is 0. The monoisotopic (exact) mass is 248 g/mol. The van der Waals surface area contributed by atoms with Crippen LogP contribution in [0.3, 0.4) is 0 Å². The molecular weight excluding hydrogens is 228 g/mol. The highest BCUT2D eigenvalue weighted by Gasteiger charge is 2.26. The first-order chi connectivity index (χ1) is 7.29. The van der Waals surface area contributed by atoms with Gasteiger partial charge in [-0.15, -0.1) is 12.4 Å². The number of halogens is 1. The first kappa shape index (κ1) is 13.7. The standard InChI is InChI=1S/C11H20N2O2.ClH/c1-2-13(7-9-3-4-9)11(14)8-15-10-5-12-6-10;/h9-10,12H,2-8H2,1H3;1H. The minimum absolute atomic E-state index is 0. The molecule has 1 saturated heterocycles. The molecule has 2 fully saturated rings. The van der Waals surface area contributed by atoms with Crippen LogP contribution in [0.2, 0.25) is 0 Å². The highest BCUT2D eigenvalue weighted by Crippen LogP contribution is 2.29. The zero-order chi connectivity index (χ0) is 10.7. The lowest BCUT2D eigenvalue weighted by Gasteiger charge is -2.28. The number of ether oxygens (including phenoxy) is 1. The quantitative estimate of drug-likeness (QED) is 0.751. The summed E-state index contributed by atoms with van der Waals surface area (Å²) >= 11 is 0. The fourth-order valence-corrected chi connectivity index (χ4v) is 1.68. The van der Waals surface area contributed by atoms with Crippen LogP contribution in [0.1, 0.15) is 19.8 Å². The van der Waals surface area contributed by atoms with Gasteiger partial charge >= 0.3 is 0 Å². The molecule has 0 aromatic rings. The second-order valence-electron chi connectivity index (χ2n) is 4.47. The molecule has 4 nitrogen and oxygen atoms in total. The largest absolute Gasteiger partial charge is 0.366 e. The summed E-state index contributed by atoms with van der Waals surface area (Å²) in [6.45, 7) is 5.81. The van der Waals surface area contributed by atoms with Crippen LogP contribution in [0.25, 0.3) is 0 Å². The van der Waals surface area contributed by atoms with Crippen molar-refractivity contribution in [1.29, 1.82) is 0 Å². The molecule has 1 saturated carbocycles. The first-order valence-electron chi connectivity index (χ1n) is 5.89. The van der Waals surface area contributed by atoms with E-state index in [0.29, 0.717) is 0 Å². The lowest BCUT2D eigenvalue weighted by molar-refractivity contribution is -0.139. The Hall–Kier alpha value is -0.320. The predicted molar refractivity (Wildman–Crippen MR) is 64.8 cm³/mol. The van der Waals surface area contributed by atoms with E-state index in [1.165, 1.54) is 12.8 Å². The lowest BCUT2D eigenvalue weighted by atomic mass is 10.2. The van der Waals surface area contributed by atoms with E-state index >= 15 is 0 Å². The van der Waals surface area contributed by atoms with Crippen molar-refractivity contribution in [3.63, 3.8) is 0 Å². The molecule has 2 aliphatic rings. The Bertz CT molecular complexity index is 230. The second kappa shape index (κ2) is 6.42. The normalized spacial score (nSPS) is 19.8. The van der Waals surface area contributed by atoms with Crippen molar-refractivity contribution >= 4 is 18.3 Å². The number of nitrogens with zero attached hydrogens (tertiary/aromatic N) is 1. The molecule has 1 aliphatic heterocycles. The molecule has 1 aliphatic carbocycles. The predicted octanol–water partition coefficient (Wildman–Crippen LogP) is 0.655. The molecule has 0 aromatic carbocycles. The SMILES string of the molecule is CCN(CC1CC1)C(=O)COC1CNC1.Cl. The summed E-state index contributed by atoms with van der Waals surface area (Å²) in [4.78, 5) is 13.7. The van der Waals surface area contributed by atoms with Gasteiger partial charge in [0.25, 0.3) is 0 Å². The van der Waals surface area contributed by atoms with Gasteiger partial charge in [-0.2, -0.15) is 0 Å². The molecule has 1 N–H and O–H groups in total. The zero-order valence-electron chi connectivity index (χ0n) is 9.78. The Kier molecular flexibility index (Phi) is 5.52. The number of nitrogens with one attached hydrogen (secondary N) is 1. The van der Waals surface area contributed by atoms with Crippen LogP contribution in [0.15, 0.2) is 0 Å². The summed E-state index contributed by atoms with van der Waals surface area (Å²) in [5, 5.41) is 3.12. The first-order valence-corrected chi connectivity index (χ1v) is 5.89. The zero-order valence-corrected chi connectivity index (χ0v) is 10.6. The van der Waals surface area contributed by atoms with E-state index in [1.54, 1.807) is 0 Å². The smallest absolute Gasteiger partial charge is 0.248 e. The van der Waals surface area contributed by atoms with Gasteiger partial charge in [0.1, 0.15) is 6.61 Å². The molecule has 0 atom stereocenters. The average Bonchev–Trinajstić information content (AvgIpc) is 2.95. The van der Waals surface area contributed by atoms with E-state index in [4.69, 9.17) is 4.74 Å². The molecule has 5 heteroatoms. The number of rotatable bonds is 6. The van der Waals surface area contributed by atoms with Crippen molar-refractivity contribution in [3.05, 3.63) is 0 Å². The topological polar surface area (TPSA) is 41.6 Å². The van der Waals surface area contributed by atoms with Gasteiger partial charge in [-0.05, 0) is 25.7 Å². The molecule has 0 bridgehead atoms. The Balaban J connectivity index is 0.00000128. The summed E-state index contributed by atoms with van der Waals surface area (Å²) in [5.74, 6) is 0.913. The molecule has 94 valence electrons. The number of amides is 1. The van der Waals surface area contributed by atoms with Crippen molar-refractivity contribution in [3.8, 4) is 0 Å². The van der Waals surface area contributed by atoms with Crippen molar-refractivity contribution in [2.24, 2.45) is 5.92 Å². The van der Waals surface area contributed by atoms with Crippen LogP contribution in [0.4, 0.5) is 0 Å². The van der Waals surface area contributed by atoms with E-state index in [9.17, 15) is 4.79 Å². The number of hydrogen-bond acceptors (Lipinski definition) is 3. The van der Waals surface area contributed by atoms with Gasteiger partial charge < -0.3 is 15.0 Å². The van der Waals surface area contributed by atoms with Gasteiger partial charge in [0.15, 0.2) is 0 Å². The van der Waals surface area contributed by atoms with E-state index in [2.05, 4.69) is 5.32 Å². The van der Waals surface area contributed by atoms with Gasteiger partial charge in [0, 0.05) is 26.2 Å². The molecular formula is C11H21ClN2O2. The molecule has 0 spiro atoms. The Morgan fingerprint density at radius 3 is 2.56 bits per heavy atom. The Morgan fingerprint density at radius 2 is 2.12 bits per heavy atom. The third kappa shape index (κ3) is 3.92.